The van der Waals surface area contributed by atoms with E-state index in [9.17, 15) is 4.79 Å². The van der Waals surface area contributed by atoms with Crippen LogP contribution in [0.3, 0.4) is 0 Å². The van der Waals surface area contributed by atoms with Gasteiger partial charge in [-0.15, -0.1) is 0 Å². The maximum Gasteiger partial charge on any atom is 0.321 e. The number of carbonyl (C=O) groups excluding carboxylic acids is 1. The molecule has 0 saturated carbocycles. The zero-order valence-electron chi connectivity index (χ0n) is 10.9. The van der Waals surface area contributed by atoms with Crippen LogP contribution >= 0.6 is 27.5 Å². The summed E-state index contributed by atoms with van der Waals surface area (Å²) in [7, 11) is 0. The second-order valence-electron chi connectivity index (χ2n) is 4.93. The lowest BCUT2D eigenvalue weighted by atomic mass is 10.1. The first kappa shape index (κ1) is 15.8. The van der Waals surface area contributed by atoms with Crippen LogP contribution in [0.25, 0.3) is 0 Å². The lowest BCUT2D eigenvalue weighted by molar-refractivity contribution is 0.236. The van der Waals surface area contributed by atoms with Crippen LogP contribution in [0.15, 0.2) is 22.7 Å². The molecule has 0 unspecified atom stereocenters. The molecule has 1 aromatic carbocycles. The number of carbonyl (C=O) groups is 1. The van der Waals surface area contributed by atoms with E-state index in [2.05, 4.69) is 31.9 Å². The van der Waals surface area contributed by atoms with Gasteiger partial charge < -0.3 is 10.6 Å². The zero-order chi connectivity index (χ0) is 14.6. The topological polar surface area (TPSA) is 77.0 Å². The number of rotatable bonds is 1. The maximum atomic E-state index is 11.6. The fraction of sp³-hybridized carbons (Fsp3) is 0.333. The van der Waals surface area contributed by atoms with Gasteiger partial charge in [0.25, 0.3) is 0 Å². The van der Waals surface area contributed by atoms with E-state index in [1.807, 2.05) is 20.8 Å². The average molecular weight is 348 g/mol. The summed E-state index contributed by atoms with van der Waals surface area (Å²) >= 11 is 9.33. The number of halogens is 2. The van der Waals surface area contributed by atoms with Gasteiger partial charge in [-0.05, 0) is 48.8 Å². The van der Waals surface area contributed by atoms with Gasteiger partial charge >= 0.3 is 6.03 Å². The Bertz CT molecular complexity index is 499. The van der Waals surface area contributed by atoms with Gasteiger partial charge in [-0.2, -0.15) is 0 Å². The molecule has 0 aliphatic carbocycles. The summed E-state index contributed by atoms with van der Waals surface area (Å²) in [4.78, 5) is 11.6. The van der Waals surface area contributed by atoms with Crippen LogP contribution < -0.4 is 16.0 Å². The van der Waals surface area contributed by atoms with Crippen LogP contribution in [0.1, 0.15) is 20.8 Å². The van der Waals surface area contributed by atoms with Crippen molar-refractivity contribution in [3.63, 3.8) is 0 Å². The van der Waals surface area contributed by atoms with Gasteiger partial charge in [-0.25, -0.2) is 4.79 Å². The molecule has 7 heteroatoms. The second-order valence-corrected chi connectivity index (χ2v) is 6.16. The van der Waals surface area contributed by atoms with Gasteiger partial charge in [-0.3, -0.25) is 10.7 Å². The molecule has 2 amide bonds. The third-order valence-electron chi connectivity index (χ3n) is 1.94. The Hall–Kier alpha value is -1.27. The van der Waals surface area contributed by atoms with Crippen LogP contribution in [0.4, 0.5) is 10.5 Å². The minimum Gasteiger partial charge on any atom is -0.333 e. The van der Waals surface area contributed by atoms with Crippen molar-refractivity contribution in [1.29, 1.82) is 5.41 Å². The smallest absolute Gasteiger partial charge is 0.321 e. The predicted molar refractivity (Wildman–Crippen MR) is 81.9 cm³/mol. The van der Waals surface area contributed by atoms with Crippen molar-refractivity contribution in [2.24, 2.45) is 0 Å². The van der Waals surface area contributed by atoms with Crippen LogP contribution in [0.2, 0.25) is 5.02 Å². The van der Waals surface area contributed by atoms with Crippen LogP contribution in [0.5, 0.6) is 0 Å². The SMILES string of the molecule is CC(C)(C)NC(=O)NC(=N)Nc1cccc(Br)c1Cl. The molecule has 0 bridgehead atoms. The van der Waals surface area contributed by atoms with Crippen molar-refractivity contribution in [1.82, 2.24) is 10.6 Å². The van der Waals surface area contributed by atoms with Crippen molar-refractivity contribution in [2.75, 3.05) is 5.32 Å². The molecule has 0 spiro atoms. The molecule has 0 atom stereocenters. The molecule has 1 aromatic rings. The third-order valence-corrected chi connectivity index (χ3v) is 3.23. The first-order valence-electron chi connectivity index (χ1n) is 5.58. The number of urea groups is 1. The van der Waals surface area contributed by atoms with Gasteiger partial charge in [-0.1, -0.05) is 17.7 Å². The number of hydrogen-bond donors (Lipinski definition) is 4. The summed E-state index contributed by atoms with van der Waals surface area (Å²) in [5.41, 5.74) is 0.176. The molecular weight excluding hydrogens is 332 g/mol. The molecule has 0 aliphatic rings. The highest BCUT2D eigenvalue weighted by molar-refractivity contribution is 9.10. The van der Waals surface area contributed by atoms with E-state index in [1.165, 1.54) is 0 Å². The molecular formula is C12H16BrClN4O. The highest BCUT2D eigenvalue weighted by Crippen LogP contribution is 2.29. The van der Waals surface area contributed by atoms with Gasteiger partial charge in [0.15, 0.2) is 0 Å². The fourth-order valence-corrected chi connectivity index (χ4v) is 1.79. The highest BCUT2D eigenvalue weighted by Gasteiger charge is 2.14. The van der Waals surface area contributed by atoms with Crippen LogP contribution in [-0.2, 0) is 0 Å². The fourth-order valence-electron chi connectivity index (χ4n) is 1.25. The minimum atomic E-state index is -0.448. The Morgan fingerprint density at radius 1 is 1.37 bits per heavy atom. The van der Waals surface area contributed by atoms with Gasteiger partial charge in [0.2, 0.25) is 5.96 Å². The first-order valence-corrected chi connectivity index (χ1v) is 6.75. The molecule has 0 saturated heterocycles. The first-order chi connectivity index (χ1) is 8.69. The summed E-state index contributed by atoms with van der Waals surface area (Å²) < 4.78 is 0.714. The summed E-state index contributed by atoms with van der Waals surface area (Å²) in [6.45, 7) is 5.57. The number of benzene rings is 1. The van der Waals surface area contributed by atoms with E-state index in [-0.39, 0.29) is 11.5 Å². The normalized spacial score (nSPS) is 10.8. The van der Waals surface area contributed by atoms with Gasteiger partial charge in [0.05, 0.1) is 10.7 Å². The lowest BCUT2D eigenvalue weighted by Gasteiger charge is -2.21. The molecule has 0 fully saturated rings. The third kappa shape index (κ3) is 5.48. The van der Waals surface area contributed by atoms with Crippen molar-refractivity contribution < 1.29 is 4.79 Å². The quantitative estimate of drug-likeness (QED) is 0.463. The van der Waals surface area contributed by atoms with E-state index >= 15 is 0 Å². The summed E-state index contributed by atoms with van der Waals surface area (Å²) in [5, 5.41) is 15.9. The average Bonchev–Trinajstić information content (AvgIpc) is 2.21. The Morgan fingerprint density at radius 2 is 2.00 bits per heavy atom. The molecule has 1 rings (SSSR count). The maximum absolute atomic E-state index is 11.6. The molecule has 0 aliphatic heterocycles. The molecule has 0 radical (unpaired) electrons. The summed E-state index contributed by atoms with van der Waals surface area (Å²) in [5.74, 6) is -0.151. The van der Waals surface area contributed by atoms with Crippen molar-refractivity contribution in [2.45, 2.75) is 26.3 Å². The predicted octanol–water partition coefficient (Wildman–Crippen LogP) is 3.55. The minimum absolute atomic E-state index is 0.151. The number of anilines is 1. The van der Waals surface area contributed by atoms with Crippen molar-refractivity contribution in [3.05, 3.63) is 27.7 Å². The Morgan fingerprint density at radius 3 is 2.58 bits per heavy atom. The van der Waals surface area contributed by atoms with E-state index in [0.717, 1.165) is 0 Å². The van der Waals surface area contributed by atoms with E-state index in [4.69, 9.17) is 17.0 Å². The molecule has 104 valence electrons. The Labute approximate surface area is 125 Å². The Kier molecular flexibility index (Phi) is 5.20. The summed E-state index contributed by atoms with van der Waals surface area (Å²) in [6, 6.07) is 4.83. The second kappa shape index (κ2) is 6.25. The number of amides is 2. The van der Waals surface area contributed by atoms with Gasteiger partial charge in [0, 0.05) is 10.0 Å². The monoisotopic (exact) mass is 346 g/mol. The van der Waals surface area contributed by atoms with Crippen LogP contribution in [-0.4, -0.2) is 17.5 Å². The largest absolute Gasteiger partial charge is 0.333 e. The lowest BCUT2D eigenvalue weighted by Crippen LogP contribution is -2.49. The molecule has 5 nitrogen and oxygen atoms in total. The molecule has 4 N–H and O–H groups in total. The molecule has 19 heavy (non-hydrogen) atoms. The Balaban J connectivity index is 2.61. The number of guanidine groups is 1. The molecule has 0 heterocycles. The zero-order valence-corrected chi connectivity index (χ0v) is 13.2. The number of nitrogens with one attached hydrogen (secondary N) is 4. The van der Waals surface area contributed by atoms with E-state index in [0.29, 0.717) is 15.2 Å². The number of hydrogen-bond acceptors (Lipinski definition) is 2. The summed E-state index contributed by atoms with van der Waals surface area (Å²) in [6.07, 6.45) is 0. The van der Waals surface area contributed by atoms with E-state index in [1.54, 1.807) is 18.2 Å². The standard InChI is InChI=1S/C12H16BrClN4O/c1-12(2,3)18-11(19)17-10(15)16-8-6-4-5-7(13)9(8)14/h4-6H,1-3H3,(H4,15,16,17,18,19). The van der Waals surface area contributed by atoms with Crippen molar-refractivity contribution in [3.8, 4) is 0 Å². The molecule has 0 aromatic heterocycles. The van der Waals surface area contributed by atoms with Crippen molar-refractivity contribution >= 4 is 45.2 Å². The van der Waals surface area contributed by atoms with E-state index < -0.39 is 6.03 Å². The highest BCUT2D eigenvalue weighted by atomic mass is 79.9. The van der Waals surface area contributed by atoms with Gasteiger partial charge in [0.1, 0.15) is 0 Å². The van der Waals surface area contributed by atoms with Crippen LogP contribution in [0, 0.1) is 5.41 Å².